The minimum atomic E-state index is 0.802. The van der Waals surface area contributed by atoms with Gasteiger partial charge in [-0.25, -0.2) is 0 Å². The molecule has 2 atom stereocenters. The van der Waals surface area contributed by atoms with Crippen molar-refractivity contribution in [1.82, 2.24) is 10.2 Å². The van der Waals surface area contributed by atoms with E-state index < -0.39 is 0 Å². The van der Waals surface area contributed by atoms with Crippen molar-refractivity contribution in [3.63, 3.8) is 0 Å². The standard InChI is InChI=1S/C14H20N2O/c1-2-4-14(5-3-1)17-7-6-16-10-12-8-15-9-13(12)11-16/h1-5,12-13,15H,6-11H2/t12-,13+. The lowest BCUT2D eigenvalue weighted by Crippen LogP contribution is -2.29. The molecule has 0 aromatic heterocycles. The summed E-state index contributed by atoms with van der Waals surface area (Å²) in [6, 6.07) is 10.1. The van der Waals surface area contributed by atoms with Crippen LogP contribution in [0, 0.1) is 11.8 Å². The minimum Gasteiger partial charge on any atom is -0.492 e. The first kappa shape index (κ1) is 11.1. The van der Waals surface area contributed by atoms with Crippen LogP contribution in [0.25, 0.3) is 0 Å². The van der Waals surface area contributed by atoms with Crippen LogP contribution < -0.4 is 10.1 Å². The first-order chi connectivity index (χ1) is 8.42. The summed E-state index contributed by atoms with van der Waals surface area (Å²) in [7, 11) is 0. The van der Waals surface area contributed by atoms with Gasteiger partial charge in [-0.15, -0.1) is 0 Å². The van der Waals surface area contributed by atoms with Gasteiger partial charge in [-0.2, -0.15) is 0 Å². The Bertz CT molecular complexity index is 342. The monoisotopic (exact) mass is 232 g/mol. The molecular weight excluding hydrogens is 212 g/mol. The Hall–Kier alpha value is -1.06. The van der Waals surface area contributed by atoms with Crippen LogP contribution in [0.4, 0.5) is 0 Å². The molecule has 0 unspecified atom stereocenters. The fourth-order valence-electron chi connectivity index (χ4n) is 2.94. The van der Waals surface area contributed by atoms with Gasteiger partial charge in [-0.1, -0.05) is 18.2 Å². The molecule has 1 N–H and O–H groups in total. The Balaban J connectivity index is 1.41. The molecule has 2 heterocycles. The third-order valence-corrected chi connectivity index (χ3v) is 3.88. The topological polar surface area (TPSA) is 24.5 Å². The number of benzene rings is 1. The molecular formula is C14H20N2O. The van der Waals surface area contributed by atoms with Gasteiger partial charge in [0.1, 0.15) is 12.4 Å². The van der Waals surface area contributed by atoms with Gasteiger partial charge in [-0.3, -0.25) is 4.90 Å². The number of nitrogens with one attached hydrogen (secondary N) is 1. The van der Waals surface area contributed by atoms with Gasteiger partial charge in [0.25, 0.3) is 0 Å². The molecule has 1 aromatic rings. The molecule has 0 bridgehead atoms. The summed E-state index contributed by atoms with van der Waals surface area (Å²) >= 11 is 0. The average Bonchev–Trinajstić information content (AvgIpc) is 2.91. The van der Waals surface area contributed by atoms with Gasteiger partial charge in [0, 0.05) is 19.6 Å². The lowest BCUT2D eigenvalue weighted by molar-refractivity contribution is 0.228. The van der Waals surface area contributed by atoms with E-state index in [0.29, 0.717) is 0 Å². The molecule has 0 amide bonds. The number of likely N-dealkylation sites (tertiary alicyclic amines) is 1. The number of hydrogen-bond acceptors (Lipinski definition) is 3. The lowest BCUT2D eigenvalue weighted by Gasteiger charge is -2.17. The number of rotatable bonds is 4. The number of ether oxygens (including phenoxy) is 1. The van der Waals surface area contributed by atoms with Crippen molar-refractivity contribution >= 4 is 0 Å². The van der Waals surface area contributed by atoms with Crippen LogP contribution in [0.15, 0.2) is 30.3 Å². The van der Waals surface area contributed by atoms with E-state index in [0.717, 1.165) is 30.7 Å². The van der Waals surface area contributed by atoms with Crippen LogP contribution in [-0.2, 0) is 0 Å². The molecule has 2 aliphatic rings. The summed E-state index contributed by atoms with van der Waals surface area (Å²) in [6.45, 7) is 6.77. The maximum atomic E-state index is 5.73. The zero-order valence-corrected chi connectivity index (χ0v) is 10.1. The second kappa shape index (κ2) is 5.07. The number of fused-ring (bicyclic) bond motifs is 1. The van der Waals surface area contributed by atoms with E-state index in [-0.39, 0.29) is 0 Å². The molecule has 0 saturated carbocycles. The van der Waals surface area contributed by atoms with Crippen molar-refractivity contribution in [3.8, 4) is 5.75 Å². The second-order valence-corrected chi connectivity index (χ2v) is 5.10. The van der Waals surface area contributed by atoms with E-state index in [2.05, 4.69) is 10.2 Å². The van der Waals surface area contributed by atoms with Gasteiger partial charge in [0.05, 0.1) is 0 Å². The second-order valence-electron chi connectivity index (χ2n) is 5.10. The molecule has 2 aliphatic heterocycles. The maximum Gasteiger partial charge on any atom is 0.119 e. The molecule has 3 rings (SSSR count). The number of para-hydroxylation sites is 1. The fraction of sp³-hybridized carbons (Fsp3) is 0.571. The zero-order valence-electron chi connectivity index (χ0n) is 10.1. The zero-order chi connectivity index (χ0) is 11.5. The van der Waals surface area contributed by atoms with Crippen LogP contribution in [0.5, 0.6) is 5.75 Å². The highest BCUT2D eigenvalue weighted by Crippen LogP contribution is 2.25. The third kappa shape index (κ3) is 2.61. The average molecular weight is 232 g/mol. The molecule has 3 nitrogen and oxygen atoms in total. The molecule has 17 heavy (non-hydrogen) atoms. The highest BCUT2D eigenvalue weighted by molar-refractivity contribution is 5.20. The maximum absolute atomic E-state index is 5.73. The number of nitrogens with zero attached hydrogens (tertiary/aromatic N) is 1. The van der Waals surface area contributed by atoms with Crippen LogP contribution in [0.2, 0.25) is 0 Å². The third-order valence-electron chi connectivity index (χ3n) is 3.88. The highest BCUT2D eigenvalue weighted by Gasteiger charge is 2.35. The quantitative estimate of drug-likeness (QED) is 0.844. The number of hydrogen-bond donors (Lipinski definition) is 1. The predicted octanol–water partition coefficient (Wildman–Crippen LogP) is 1.22. The van der Waals surface area contributed by atoms with Crippen LogP contribution in [0.3, 0.4) is 0 Å². The summed E-state index contributed by atoms with van der Waals surface area (Å²) in [5, 5.41) is 3.47. The molecule has 0 radical (unpaired) electrons. The molecule has 2 fully saturated rings. The Morgan fingerprint density at radius 1 is 1.12 bits per heavy atom. The van der Waals surface area contributed by atoms with Crippen LogP contribution in [0.1, 0.15) is 0 Å². The molecule has 1 aromatic carbocycles. The fourth-order valence-corrected chi connectivity index (χ4v) is 2.94. The van der Waals surface area contributed by atoms with E-state index in [9.17, 15) is 0 Å². The van der Waals surface area contributed by atoms with Gasteiger partial charge in [-0.05, 0) is 37.1 Å². The van der Waals surface area contributed by atoms with E-state index in [4.69, 9.17) is 4.74 Å². The van der Waals surface area contributed by atoms with Crippen molar-refractivity contribution in [2.75, 3.05) is 39.3 Å². The van der Waals surface area contributed by atoms with Crippen LogP contribution in [-0.4, -0.2) is 44.2 Å². The molecule has 3 heteroatoms. The molecule has 92 valence electrons. The Morgan fingerprint density at radius 3 is 2.53 bits per heavy atom. The summed E-state index contributed by atoms with van der Waals surface area (Å²) in [4.78, 5) is 2.54. The van der Waals surface area contributed by atoms with E-state index in [1.165, 1.54) is 26.2 Å². The van der Waals surface area contributed by atoms with E-state index in [1.54, 1.807) is 0 Å². The summed E-state index contributed by atoms with van der Waals surface area (Å²) in [6.07, 6.45) is 0. The Morgan fingerprint density at radius 2 is 1.82 bits per heavy atom. The van der Waals surface area contributed by atoms with Crippen molar-refractivity contribution in [3.05, 3.63) is 30.3 Å². The SMILES string of the molecule is c1ccc(OCCN2C[C@H]3CNC[C@H]3C2)cc1. The van der Waals surface area contributed by atoms with Crippen molar-refractivity contribution in [1.29, 1.82) is 0 Å². The largest absolute Gasteiger partial charge is 0.492 e. The summed E-state index contributed by atoms with van der Waals surface area (Å²) in [5.74, 6) is 2.74. The lowest BCUT2D eigenvalue weighted by atomic mass is 10.0. The summed E-state index contributed by atoms with van der Waals surface area (Å²) in [5.41, 5.74) is 0. The predicted molar refractivity (Wildman–Crippen MR) is 68.2 cm³/mol. The molecule has 0 aliphatic carbocycles. The van der Waals surface area contributed by atoms with Crippen molar-refractivity contribution in [2.45, 2.75) is 0 Å². The van der Waals surface area contributed by atoms with Gasteiger partial charge < -0.3 is 10.1 Å². The Kier molecular flexibility index (Phi) is 3.29. The summed E-state index contributed by atoms with van der Waals surface area (Å²) < 4.78 is 5.73. The van der Waals surface area contributed by atoms with Crippen molar-refractivity contribution in [2.24, 2.45) is 11.8 Å². The normalized spacial score (nSPS) is 28.2. The molecule has 0 spiro atoms. The van der Waals surface area contributed by atoms with E-state index in [1.807, 2.05) is 30.3 Å². The first-order valence-electron chi connectivity index (χ1n) is 6.53. The Labute approximate surface area is 103 Å². The first-order valence-corrected chi connectivity index (χ1v) is 6.53. The minimum absolute atomic E-state index is 0.802. The van der Waals surface area contributed by atoms with Gasteiger partial charge >= 0.3 is 0 Å². The van der Waals surface area contributed by atoms with Crippen molar-refractivity contribution < 1.29 is 4.74 Å². The van der Waals surface area contributed by atoms with Gasteiger partial charge in [0.2, 0.25) is 0 Å². The van der Waals surface area contributed by atoms with Crippen LogP contribution >= 0.6 is 0 Å². The molecule has 2 saturated heterocycles. The smallest absolute Gasteiger partial charge is 0.119 e. The van der Waals surface area contributed by atoms with Gasteiger partial charge in [0.15, 0.2) is 0 Å². The van der Waals surface area contributed by atoms with E-state index >= 15 is 0 Å². The highest BCUT2D eigenvalue weighted by atomic mass is 16.5.